The van der Waals surface area contributed by atoms with E-state index in [9.17, 15) is 12.8 Å². The van der Waals surface area contributed by atoms with Crippen LogP contribution in [0.25, 0.3) is 0 Å². The Labute approximate surface area is 140 Å². The number of methoxy groups -OCH3 is 1. The predicted octanol–water partition coefficient (Wildman–Crippen LogP) is 2.03. The highest BCUT2D eigenvalue weighted by Gasteiger charge is 2.18. The number of benzene rings is 2. The van der Waals surface area contributed by atoms with Crippen LogP contribution in [0.4, 0.5) is 10.1 Å². The summed E-state index contributed by atoms with van der Waals surface area (Å²) in [4.78, 5) is 3.62. The lowest BCUT2D eigenvalue weighted by Crippen LogP contribution is -2.24. The molecule has 0 heterocycles. The van der Waals surface area contributed by atoms with Crippen LogP contribution in [0.3, 0.4) is 0 Å². The molecule has 0 saturated heterocycles. The zero-order valence-electron chi connectivity index (χ0n) is 13.1. The quantitative estimate of drug-likeness (QED) is 0.613. The van der Waals surface area contributed by atoms with E-state index in [1.54, 1.807) is 31.4 Å². The van der Waals surface area contributed by atoms with Gasteiger partial charge in [-0.05, 0) is 24.3 Å². The van der Waals surface area contributed by atoms with Gasteiger partial charge in [0.2, 0.25) is 0 Å². The Morgan fingerprint density at radius 2 is 2.00 bits per heavy atom. The van der Waals surface area contributed by atoms with Crippen LogP contribution >= 0.6 is 0 Å². The maximum absolute atomic E-state index is 13.6. The molecule has 2 aromatic rings. The number of ether oxygens (including phenoxy) is 1. The normalized spacial score (nSPS) is 12.0. The number of nitrogens with two attached hydrogens (primary N) is 1. The Bertz CT molecular complexity index is 838. The summed E-state index contributed by atoms with van der Waals surface area (Å²) >= 11 is 0. The van der Waals surface area contributed by atoms with Crippen molar-refractivity contribution in [2.24, 2.45) is 10.7 Å². The van der Waals surface area contributed by atoms with Gasteiger partial charge in [-0.1, -0.05) is 18.2 Å². The van der Waals surface area contributed by atoms with E-state index < -0.39 is 15.7 Å². The molecule has 24 heavy (non-hydrogen) atoms. The highest BCUT2D eigenvalue weighted by atomic mass is 32.2. The third kappa shape index (κ3) is 4.69. The van der Waals surface area contributed by atoms with Gasteiger partial charge in [0.1, 0.15) is 16.5 Å². The molecule has 0 spiro atoms. The molecule has 0 aliphatic heterocycles. The molecule has 128 valence electrons. The van der Waals surface area contributed by atoms with Crippen LogP contribution in [0.2, 0.25) is 0 Å². The van der Waals surface area contributed by atoms with Gasteiger partial charge >= 0.3 is 0 Å². The molecule has 8 heteroatoms. The van der Waals surface area contributed by atoms with Gasteiger partial charge in [0.05, 0.1) is 19.4 Å². The maximum atomic E-state index is 13.6. The first-order chi connectivity index (χ1) is 11.4. The molecule has 0 radical (unpaired) electrons. The van der Waals surface area contributed by atoms with Crippen molar-refractivity contribution >= 4 is 21.5 Å². The van der Waals surface area contributed by atoms with E-state index in [1.807, 2.05) is 0 Å². The zero-order chi connectivity index (χ0) is 17.6. The smallest absolute Gasteiger partial charge is 0.193 e. The van der Waals surface area contributed by atoms with Gasteiger partial charge in [-0.25, -0.2) is 12.8 Å². The molecule has 6 nitrogen and oxygen atoms in total. The minimum atomic E-state index is -3.76. The lowest BCUT2D eigenvalue weighted by atomic mass is 10.3. The third-order valence-electron chi connectivity index (χ3n) is 3.16. The minimum Gasteiger partial charge on any atom is -0.497 e. The first-order valence-corrected chi connectivity index (χ1v) is 8.76. The van der Waals surface area contributed by atoms with Crippen LogP contribution in [0.1, 0.15) is 0 Å². The fourth-order valence-electron chi connectivity index (χ4n) is 1.98. The summed E-state index contributed by atoms with van der Waals surface area (Å²) in [7, 11) is -2.21. The van der Waals surface area contributed by atoms with Crippen molar-refractivity contribution in [3.63, 3.8) is 0 Å². The fraction of sp³-hybridized carbons (Fsp3) is 0.188. The number of nitrogens with zero attached hydrogens (tertiary/aromatic N) is 1. The highest BCUT2D eigenvalue weighted by Crippen LogP contribution is 2.17. The molecule has 2 rings (SSSR count). The summed E-state index contributed by atoms with van der Waals surface area (Å²) in [6.45, 7) is -0.0839. The van der Waals surface area contributed by atoms with E-state index in [-0.39, 0.29) is 23.2 Å². The second kappa shape index (κ2) is 7.78. The first-order valence-electron chi connectivity index (χ1n) is 7.10. The number of guanidine groups is 1. The molecule has 0 aliphatic rings. The molecule has 0 amide bonds. The Morgan fingerprint density at radius 1 is 1.25 bits per heavy atom. The number of anilines is 1. The van der Waals surface area contributed by atoms with E-state index in [4.69, 9.17) is 10.5 Å². The van der Waals surface area contributed by atoms with Crippen molar-refractivity contribution in [3.8, 4) is 5.75 Å². The summed E-state index contributed by atoms with van der Waals surface area (Å²) in [5, 5.41) is 2.83. The summed E-state index contributed by atoms with van der Waals surface area (Å²) in [6, 6.07) is 12.3. The van der Waals surface area contributed by atoms with Gasteiger partial charge < -0.3 is 15.8 Å². The standard InChI is InChI=1S/C16H18FN3O3S/c1-23-13-6-4-5-12(11-13)20-16(18)19-9-10-24(21,22)15-8-3-2-7-14(15)17/h2-8,11H,9-10H2,1H3,(H3,18,19,20). The molecular weight excluding hydrogens is 333 g/mol. The molecule has 0 aromatic heterocycles. The number of halogens is 1. The number of rotatable bonds is 6. The predicted molar refractivity (Wildman–Crippen MR) is 91.6 cm³/mol. The molecule has 3 N–H and O–H groups in total. The number of hydrogen-bond donors (Lipinski definition) is 2. The second-order valence-corrected chi connectivity index (χ2v) is 6.95. The summed E-state index contributed by atoms with van der Waals surface area (Å²) in [5.74, 6) is -0.403. The molecule has 0 saturated carbocycles. The SMILES string of the molecule is COc1cccc(NC(N)=NCCS(=O)(=O)c2ccccc2F)c1. The second-order valence-electron chi connectivity index (χ2n) is 4.87. The van der Waals surface area contributed by atoms with Gasteiger partial charge in [0, 0.05) is 11.8 Å². The lowest BCUT2D eigenvalue weighted by Gasteiger charge is -2.08. The Balaban J connectivity index is 1.99. The third-order valence-corrected chi connectivity index (χ3v) is 4.88. The van der Waals surface area contributed by atoms with Crippen molar-refractivity contribution in [1.82, 2.24) is 0 Å². The van der Waals surface area contributed by atoms with E-state index in [0.717, 1.165) is 6.07 Å². The molecule has 0 aliphatic carbocycles. The van der Waals surface area contributed by atoms with Crippen molar-refractivity contribution in [1.29, 1.82) is 0 Å². The van der Waals surface area contributed by atoms with Gasteiger partial charge in [-0.15, -0.1) is 0 Å². The monoisotopic (exact) mass is 351 g/mol. The highest BCUT2D eigenvalue weighted by molar-refractivity contribution is 7.91. The number of hydrogen-bond acceptors (Lipinski definition) is 4. The number of aliphatic imine (C=N–C) groups is 1. The molecule has 2 aromatic carbocycles. The Morgan fingerprint density at radius 3 is 2.71 bits per heavy atom. The van der Waals surface area contributed by atoms with Gasteiger partial charge in [-0.3, -0.25) is 4.99 Å². The van der Waals surface area contributed by atoms with E-state index >= 15 is 0 Å². The summed E-state index contributed by atoms with van der Waals surface area (Å²) in [6.07, 6.45) is 0. The number of nitrogens with one attached hydrogen (secondary N) is 1. The molecular formula is C16H18FN3O3S. The Hall–Kier alpha value is -2.61. The van der Waals surface area contributed by atoms with Gasteiger partial charge in [0.25, 0.3) is 0 Å². The first kappa shape index (κ1) is 17.7. The molecule has 0 atom stereocenters. The van der Waals surface area contributed by atoms with Gasteiger partial charge in [0.15, 0.2) is 15.8 Å². The van der Waals surface area contributed by atoms with Crippen LogP contribution in [0.5, 0.6) is 5.75 Å². The average molecular weight is 351 g/mol. The fourth-order valence-corrected chi connectivity index (χ4v) is 3.18. The molecule has 0 unspecified atom stereocenters. The van der Waals surface area contributed by atoms with Gasteiger partial charge in [-0.2, -0.15) is 0 Å². The van der Waals surface area contributed by atoms with Crippen molar-refractivity contribution in [2.75, 3.05) is 24.7 Å². The molecule has 0 bridgehead atoms. The van der Waals surface area contributed by atoms with Crippen LogP contribution in [0, 0.1) is 5.82 Å². The largest absolute Gasteiger partial charge is 0.497 e. The van der Waals surface area contributed by atoms with Crippen molar-refractivity contribution in [3.05, 3.63) is 54.3 Å². The zero-order valence-corrected chi connectivity index (χ0v) is 13.9. The summed E-state index contributed by atoms with van der Waals surface area (Å²) < 4.78 is 42.8. The topological polar surface area (TPSA) is 93.8 Å². The Kier molecular flexibility index (Phi) is 5.75. The summed E-state index contributed by atoms with van der Waals surface area (Å²) in [5.41, 5.74) is 6.38. The van der Waals surface area contributed by atoms with Crippen LogP contribution in [-0.2, 0) is 9.84 Å². The average Bonchev–Trinajstić information content (AvgIpc) is 2.55. The minimum absolute atomic E-state index is 0.0620. The van der Waals surface area contributed by atoms with E-state index in [0.29, 0.717) is 11.4 Å². The maximum Gasteiger partial charge on any atom is 0.193 e. The van der Waals surface area contributed by atoms with Crippen LogP contribution in [-0.4, -0.2) is 33.8 Å². The van der Waals surface area contributed by atoms with E-state index in [2.05, 4.69) is 10.3 Å². The number of sulfone groups is 1. The molecule has 0 fully saturated rings. The lowest BCUT2D eigenvalue weighted by molar-refractivity contribution is 0.415. The van der Waals surface area contributed by atoms with E-state index in [1.165, 1.54) is 18.2 Å². The van der Waals surface area contributed by atoms with Crippen LogP contribution < -0.4 is 15.8 Å². The van der Waals surface area contributed by atoms with Crippen molar-refractivity contribution < 1.29 is 17.5 Å². The van der Waals surface area contributed by atoms with Crippen molar-refractivity contribution in [2.45, 2.75) is 4.90 Å². The van der Waals surface area contributed by atoms with Crippen LogP contribution in [0.15, 0.2) is 58.4 Å².